The van der Waals surface area contributed by atoms with Crippen molar-refractivity contribution < 1.29 is 24.1 Å². The minimum absolute atomic E-state index is 0.0827. The highest BCUT2D eigenvalue weighted by Gasteiger charge is 2.49. The number of ether oxygens (including phenoxy) is 3. The molecule has 3 aromatic rings. The molecule has 1 amide bonds. The summed E-state index contributed by atoms with van der Waals surface area (Å²) >= 11 is 0. The summed E-state index contributed by atoms with van der Waals surface area (Å²) in [6.45, 7) is 2.93. The third kappa shape index (κ3) is 7.49. The monoisotopic (exact) mass is 543 g/mol. The molecule has 0 unspecified atom stereocenters. The standard InChI is InChI=1S/C32H37N3O5/c1-24-32(19-7-12-25-9-4-3-5-10-25,31(37)35-33-20-18-26-11-6-13-29(23-26)38-2)34-30(40-24)27-14-16-28(17-15-27)39-22-8-21-36/h3-7,9-17,23-24,33,36H,8,18-22H2,1-2H3,(H,35,37)/b12-7+/t24-,32-/m0/s1. The second-order valence-corrected chi connectivity index (χ2v) is 9.55. The molecule has 3 aromatic carbocycles. The maximum Gasteiger partial charge on any atom is 0.266 e. The summed E-state index contributed by atoms with van der Waals surface area (Å²) in [7, 11) is 1.64. The van der Waals surface area contributed by atoms with Gasteiger partial charge in [0.1, 0.15) is 17.6 Å². The molecule has 0 fully saturated rings. The van der Waals surface area contributed by atoms with Crippen LogP contribution in [0.2, 0.25) is 0 Å². The number of aliphatic imine (C=N–C) groups is 1. The van der Waals surface area contributed by atoms with Crippen LogP contribution in [0.4, 0.5) is 0 Å². The zero-order chi connectivity index (χ0) is 28.2. The van der Waals surface area contributed by atoms with Crippen LogP contribution in [-0.4, -0.2) is 55.4 Å². The Morgan fingerprint density at radius 1 is 1.07 bits per heavy atom. The minimum Gasteiger partial charge on any atom is -0.497 e. The zero-order valence-electron chi connectivity index (χ0n) is 23.0. The Morgan fingerprint density at radius 2 is 1.88 bits per heavy atom. The van der Waals surface area contributed by atoms with Crippen molar-refractivity contribution in [3.63, 3.8) is 0 Å². The fourth-order valence-electron chi connectivity index (χ4n) is 4.41. The van der Waals surface area contributed by atoms with E-state index in [9.17, 15) is 4.79 Å². The number of hydrogen-bond donors (Lipinski definition) is 3. The number of hydrazine groups is 1. The van der Waals surface area contributed by atoms with Gasteiger partial charge in [0.15, 0.2) is 5.54 Å². The van der Waals surface area contributed by atoms with Gasteiger partial charge in [-0.25, -0.2) is 10.4 Å². The molecule has 8 nitrogen and oxygen atoms in total. The lowest BCUT2D eigenvalue weighted by Crippen LogP contribution is -2.54. The van der Waals surface area contributed by atoms with Crippen molar-refractivity contribution in [3.8, 4) is 11.5 Å². The molecule has 3 N–H and O–H groups in total. The smallest absolute Gasteiger partial charge is 0.266 e. The van der Waals surface area contributed by atoms with E-state index in [1.807, 2.05) is 97.9 Å². The fraction of sp³-hybridized carbons (Fsp3) is 0.312. The summed E-state index contributed by atoms with van der Waals surface area (Å²) in [5.41, 5.74) is 7.69. The number of amides is 1. The molecular formula is C32H37N3O5. The largest absolute Gasteiger partial charge is 0.497 e. The molecule has 210 valence electrons. The van der Waals surface area contributed by atoms with Crippen molar-refractivity contribution >= 4 is 17.9 Å². The molecule has 0 saturated heterocycles. The molecule has 1 aliphatic heterocycles. The molecule has 40 heavy (non-hydrogen) atoms. The van der Waals surface area contributed by atoms with Crippen LogP contribution in [0.1, 0.15) is 36.5 Å². The molecule has 8 heteroatoms. The molecule has 0 radical (unpaired) electrons. The lowest BCUT2D eigenvalue weighted by Gasteiger charge is -2.27. The average Bonchev–Trinajstić information content (AvgIpc) is 3.33. The third-order valence-electron chi connectivity index (χ3n) is 6.74. The van der Waals surface area contributed by atoms with E-state index in [1.54, 1.807) is 7.11 Å². The number of nitrogens with one attached hydrogen (secondary N) is 2. The van der Waals surface area contributed by atoms with E-state index in [0.29, 0.717) is 44.1 Å². The third-order valence-corrected chi connectivity index (χ3v) is 6.74. The van der Waals surface area contributed by atoms with Crippen LogP contribution in [-0.2, 0) is 16.0 Å². The first-order valence-electron chi connectivity index (χ1n) is 13.5. The van der Waals surface area contributed by atoms with Crippen LogP contribution in [0.5, 0.6) is 11.5 Å². The number of rotatable bonds is 14. The van der Waals surface area contributed by atoms with Crippen molar-refractivity contribution in [2.45, 2.75) is 37.8 Å². The van der Waals surface area contributed by atoms with Crippen LogP contribution in [0.15, 0.2) is 89.9 Å². The Labute approximate surface area is 235 Å². The Bertz CT molecular complexity index is 1290. The number of methoxy groups -OCH3 is 1. The van der Waals surface area contributed by atoms with E-state index < -0.39 is 11.6 Å². The predicted octanol–water partition coefficient (Wildman–Crippen LogP) is 4.33. The van der Waals surface area contributed by atoms with Gasteiger partial charge in [-0.2, -0.15) is 0 Å². The van der Waals surface area contributed by atoms with Crippen molar-refractivity contribution in [2.24, 2.45) is 4.99 Å². The van der Waals surface area contributed by atoms with E-state index in [-0.39, 0.29) is 12.5 Å². The van der Waals surface area contributed by atoms with Crippen LogP contribution in [0, 0.1) is 0 Å². The average molecular weight is 544 g/mol. The van der Waals surface area contributed by atoms with Crippen molar-refractivity contribution in [3.05, 3.63) is 102 Å². The molecule has 1 heterocycles. The van der Waals surface area contributed by atoms with Crippen molar-refractivity contribution in [2.75, 3.05) is 26.9 Å². The van der Waals surface area contributed by atoms with Gasteiger partial charge in [-0.05, 0) is 60.9 Å². The van der Waals surface area contributed by atoms with Crippen molar-refractivity contribution in [1.82, 2.24) is 10.9 Å². The second-order valence-electron chi connectivity index (χ2n) is 9.55. The first kappa shape index (κ1) is 28.9. The van der Waals surface area contributed by atoms with E-state index in [2.05, 4.69) is 10.9 Å². The number of hydrogen-bond acceptors (Lipinski definition) is 7. The molecule has 0 saturated carbocycles. The minimum atomic E-state index is -1.15. The normalized spacial score (nSPS) is 18.3. The van der Waals surface area contributed by atoms with Gasteiger partial charge in [0, 0.05) is 31.6 Å². The van der Waals surface area contributed by atoms with Crippen molar-refractivity contribution in [1.29, 1.82) is 0 Å². The van der Waals surface area contributed by atoms with E-state index in [4.69, 9.17) is 24.3 Å². The maximum atomic E-state index is 13.7. The van der Waals surface area contributed by atoms with Gasteiger partial charge in [-0.15, -0.1) is 0 Å². The van der Waals surface area contributed by atoms with Gasteiger partial charge in [0.25, 0.3) is 5.91 Å². The quantitative estimate of drug-likeness (QED) is 0.207. The van der Waals surface area contributed by atoms with Gasteiger partial charge >= 0.3 is 0 Å². The number of benzene rings is 3. The number of nitrogens with zero attached hydrogens (tertiary/aromatic N) is 1. The Kier molecular flexibility index (Phi) is 10.3. The summed E-state index contributed by atoms with van der Waals surface area (Å²) in [5.74, 6) is 1.64. The lowest BCUT2D eigenvalue weighted by molar-refractivity contribution is -0.129. The Balaban J connectivity index is 1.48. The molecule has 4 rings (SSSR count). The molecule has 0 aromatic heterocycles. The number of aliphatic hydroxyl groups excluding tert-OH is 1. The topological polar surface area (TPSA) is 101 Å². The van der Waals surface area contributed by atoms with Crippen LogP contribution in [0.3, 0.4) is 0 Å². The van der Waals surface area contributed by atoms with Crippen LogP contribution >= 0.6 is 0 Å². The summed E-state index contributed by atoms with van der Waals surface area (Å²) in [5, 5.41) is 8.96. The van der Waals surface area contributed by atoms with E-state index in [1.165, 1.54) is 0 Å². The number of aliphatic hydroxyl groups is 1. The molecule has 2 atom stereocenters. The summed E-state index contributed by atoms with van der Waals surface area (Å²) in [6.07, 6.45) is 5.10. The fourth-order valence-corrected chi connectivity index (χ4v) is 4.41. The van der Waals surface area contributed by atoms with Gasteiger partial charge < -0.3 is 19.3 Å². The number of carbonyl (C=O) groups excluding carboxylic acids is 1. The molecular weight excluding hydrogens is 506 g/mol. The van der Waals surface area contributed by atoms with E-state index >= 15 is 0 Å². The van der Waals surface area contributed by atoms with Gasteiger partial charge in [0.05, 0.1) is 13.7 Å². The number of carbonyl (C=O) groups is 1. The highest BCUT2D eigenvalue weighted by Crippen LogP contribution is 2.33. The summed E-state index contributed by atoms with van der Waals surface area (Å²) in [4.78, 5) is 18.5. The molecule has 0 spiro atoms. The molecule has 0 bridgehead atoms. The van der Waals surface area contributed by atoms with Crippen LogP contribution < -0.4 is 20.3 Å². The predicted molar refractivity (Wildman–Crippen MR) is 156 cm³/mol. The highest BCUT2D eigenvalue weighted by atomic mass is 16.5. The highest BCUT2D eigenvalue weighted by molar-refractivity contribution is 6.00. The Hall–Kier alpha value is -4.14. The van der Waals surface area contributed by atoms with Gasteiger partial charge in [-0.1, -0.05) is 54.6 Å². The molecule has 0 aliphatic carbocycles. The Morgan fingerprint density at radius 3 is 2.62 bits per heavy atom. The second kappa shape index (κ2) is 14.3. The van der Waals surface area contributed by atoms with Gasteiger partial charge in [0.2, 0.25) is 5.90 Å². The zero-order valence-corrected chi connectivity index (χ0v) is 23.0. The maximum absolute atomic E-state index is 13.7. The summed E-state index contributed by atoms with van der Waals surface area (Å²) < 4.78 is 17.1. The van der Waals surface area contributed by atoms with Gasteiger partial charge in [-0.3, -0.25) is 10.2 Å². The van der Waals surface area contributed by atoms with E-state index in [0.717, 1.165) is 22.4 Å². The first-order valence-corrected chi connectivity index (χ1v) is 13.5. The first-order chi connectivity index (χ1) is 19.5. The SMILES string of the molecule is COc1cccc(CCNNC(=O)[C@@]2(C/C=C/c3ccccc3)N=C(c3ccc(OCCCO)cc3)O[C@H]2C)c1. The van der Waals surface area contributed by atoms with Crippen LogP contribution in [0.25, 0.3) is 6.08 Å². The lowest BCUT2D eigenvalue weighted by atomic mass is 9.89. The molecule has 1 aliphatic rings. The summed E-state index contributed by atoms with van der Waals surface area (Å²) in [6, 6.07) is 25.2.